The van der Waals surface area contributed by atoms with E-state index >= 15 is 0 Å². The number of aryl methyl sites for hydroxylation is 1. The Morgan fingerprint density at radius 2 is 1.95 bits per heavy atom. The van der Waals surface area contributed by atoms with Crippen molar-refractivity contribution in [2.75, 3.05) is 12.4 Å². The van der Waals surface area contributed by atoms with Crippen LogP contribution in [0.3, 0.4) is 0 Å². The number of aromatic nitrogens is 2. The number of hydrogen-bond donors (Lipinski definition) is 1. The van der Waals surface area contributed by atoms with E-state index in [-0.39, 0.29) is 23.2 Å². The molecule has 19 heavy (non-hydrogen) atoms. The standard InChI is InChI=1S/C12H12N4O3/c1-8-10(16(17)18)11(15-12(13-2)14-8)19-9-6-4-3-5-7-9/h3-7H,1-2H3,(H,13,14,15). The average Bonchev–Trinajstić information content (AvgIpc) is 2.38. The van der Waals surface area contributed by atoms with Gasteiger partial charge in [0.25, 0.3) is 0 Å². The number of para-hydroxylation sites is 1. The Hall–Kier alpha value is -2.70. The molecule has 0 amide bonds. The van der Waals surface area contributed by atoms with E-state index in [1.54, 1.807) is 38.2 Å². The second kappa shape index (κ2) is 5.30. The Labute approximate surface area is 109 Å². The van der Waals surface area contributed by atoms with E-state index in [0.29, 0.717) is 5.75 Å². The lowest BCUT2D eigenvalue weighted by Crippen LogP contribution is -2.05. The van der Waals surface area contributed by atoms with Gasteiger partial charge in [-0.05, 0) is 19.1 Å². The summed E-state index contributed by atoms with van der Waals surface area (Å²) in [6.45, 7) is 1.54. The van der Waals surface area contributed by atoms with Crippen LogP contribution in [0.1, 0.15) is 5.69 Å². The Morgan fingerprint density at radius 1 is 1.26 bits per heavy atom. The van der Waals surface area contributed by atoms with Crippen LogP contribution in [0.15, 0.2) is 30.3 Å². The van der Waals surface area contributed by atoms with Gasteiger partial charge < -0.3 is 10.1 Å². The van der Waals surface area contributed by atoms with Crippen molar-refractivity contribution in [1.82, 2.24) is 9.97 Å². The van der Waals surface area contributed by atoms with Crippen molar-refractivity contribution in [3.8, 4) is 11.6 Å². The molecule has 0 aliphatic rings. The second-order valence-corrected chi connectivity index (χ2v) is 3.71. The zero-order valence-electron chi connectivity index (χ0n) is 10.5. The van der Waals surface area contributed by atoms with Crippen molar-refractivity contribution >= 4 is 11.6 Å². The van der Waals surface area contributed by atoms with Crippen LogP contribution in [0.2, 0.25) is 0 Å². The average molecular weight is 260 g/mol. The van der Waals surface area contributed by atoms with Crippen LogP contribution in [-0.4, -0.2) is 21.9 Å². The molecule has 7 heteroatoms. The van der Waals surface area contributed by atoms with Gasteiger partial charge in [0.05, 0.1) is 4.92 Å². The van der Waals surface area contributed by atoms with Gasteiger partial charge in [-0.1, -0.05) is 18.2 Å². The molecule has 0 fully saturated rings. The minimum atomic E-state index is -0.549. The van der Waals surface area contributed by atoms with Gasteiger partial charge in [0.15, 0.2) is 0 Å². The molecule has 0 radical (unpaired) electrons. The lowest BCUT2D eigenvalue weighted by Gasteiger charge is -2.08. The van der Waals surface area contributed by atoms with Gasteiger partial charge >= 0.3 is 11.6 Å². The normalized spacial score (nSPS) is 10.0. The monoisotopic (exact) mass is 260 g/mol. The zero-order chi connectivity index (χ0) is 13.8. The minimum absolute atomic E-state index is 0.0759. The summed E-state index contributed by atoms with van der Waals surface area (Å²) in [6, 6.07) is 8.76. The van der Waals surface area contributed by atoms with Gasteiger partial charge in [-0.2, -0.15) is 4.98 Å². The summed E-state index contributed by atoms with van der Waals surface area (Å²) < 4.78 is 5.46. The van der Waals surface area contributed by atoms with Crippen LogP contribution in [-0.2, 0) is 0 Å². The Morgan fingerprint density at radius 3 is 2.53 bits per heavy atom. The number of benzene rings is 1. The number of anilines is 1. The van der Waals surface area contributed by atoms with Crippen molar-refractivity contribution in [2.24, 2.45) is 0 Å². The summed E-state index contributed by atoms with van der Waals surface area (Å²) in [5.74, 6) is 0.674. The predicted octanol–water partition coefficient (Wildman–Crippen LogP) is 2.53. The SMILES string of the molecule is CNc1nc(C)c([N+](=O)[O-])c(Oc2ccccc2)n1. The number of nitrogens with zero attached hydrogens (tertiary/aromatic N) is 3. The molecule has 1 aromatic carbocycles. The molecule has 1 aromatic heterocycles. The van der Waals surface area contributed by atoms with E-state index in [2.05, 4.69) is 15.3 Å². The summed E-state index contributed by atoms with van der Waals surface area (Å²) in [7, 11) is 1.63. The molecule has 0 spiro atoms. The fourth-order valence-corrected chi connectivity index (χ4v) is 1.53. The van der Waals surface area contributed by atoms with Crippen LogP contribution in [0.25, 0.3) is 0 Å². The Kier molecular flexibility index (Phi) is 3.56. The molecule has 98 valence electrons. The number of nitrogens with one attached hydrogen (secondary N) is 1. The number of hydrogen-bond acceptors (Lipinski definition) is 6. The molecular weight excluding hydrogens is 248 g/mol. The first-order valence-electron chi connectivity index (χ1n) is 5.55. The predicted molar refractivity (Wildman–Crippen MR) is 69.5 cm³/mol. The molecule has 2 rings (SSSR count). The van der Waals surface area contributed by atoms with Gasteiger partial charge in [-0.25, -0.2) is 4.98 Å². The van der Waals surface area contributed by atoms with Gasteiger partial charge in [0.2, 0.25) is 5.95 Å². The maximum absolute atomic E-state index is 11.1. The smallest absolute Gasteiger partial charge is 0.352 e. The van der Waals surface area contributed by atoms with Crippen molar-refractivity contribution in [3.05, 3.63) is 46.1 Å². The third kappa shape index (κ3) is 2.76. The number of rotatable bonds is 4. The summed E-state index contributed by atoms with van der Waals surface area (Å²) in [4.78, 5) is 18.5. The first-order valence-corrected chi connectivity index (χ1v) is 5.55. The highest BCUT2D eigenvalue weighted by Crippen LogP contribution is 2.32. The minimum Gasteiger partial charge on any atom is -0.434 e. The van der Waals surface area contributed by atoms with E-state index in [1.807, 2.05) is 6.07 Å². The Balaban J connectivity index is 2.48. The van der Waals surface area contributed by atoms with Gasteiger partial charge in [-0.3, -0.25) is 10.1 Å². The molecule has 0 unspecified atom stereocenters. The largest absolute Gasteiger partial charge is 0.434 e. The highest BCUT2D eigenvalue weighted by Gasteiger charge is 2.23. The molecule has 0 aliphatic carbocycles. The van der Waals surface area contributed by atoms with Gasteiger partial charge in [-0.15, -0.1) is 0 Å². The third-order valence-corrected chi connectivity index (χ3v) is 2.39. The summed E-state index contributed by atoms with van der Waals surface area (Å²) in [5.41, 5.74) is 0.0122. The lowest BCUT2D eigenvalue weighted by molar-refractivity contribution is -0.386. The van der Waals surface area contributed by atoms with Gasteiger partial charge in [0.1, 0.15) is 11.4 Å². The second-order valence-electron chi connectivity index (χ2n) is 3.71. The summed E-state index contributed by atoms with van der Waals surface area (Å²) in [6.07, 6.45) is 0. The topological polar surface area (TPSA) is 90.2 Å². The number of ether oxygens (including phenoxy) is 1. The van der Waals surface area contributed by atoms with Crippen molar-refractivity contribution in [2.45, 2.75) is 6.92 Å². The number of nitro groups is 1. The molecule has 0 saturated heterocycles. The van der Waals surface area contributed by atoms with Crippen LogP contribution in [0.5, 0.6) is 11.6 Å². The van der Waals surface area contributed by atoms with E-state index in [1.165, 1.54) is 0 Å². The summed E-state index contributed by atoms with van der Waals surface area (Å²) in [5, 5.41) is 13.8. The molecule has 0 bridgehead atoms. The van der Waals surface area contributed by atoms with Crippen LogP contribution < -0.4 is 10.1 Å². The van der Waals surface area contributed by atoms with Crippen molar-refractivity contribution < 1.29 is 9.66 Å². The van der Waals surface area contributed by atoms with Crippen LogP contribution in [0.4, 0.5) is 11.6 Å². The van der Waals surface area contributed by atoms with Crippen molar-refractivity contribution in [1.29, 1.82) is 0 Å². The highest BCUT2D eigenvalue weighted by molar-refractivity contribution is 5.50. The highest BCUT2D eigenvalue weighted by atomic mass is 16.6. The maximum atomic E-state index is 11.1. The fourth-order valence-electron chi connectivity index (χ4n) is 1.53. The van der Waals surface area contributed by atoms with E-state index < -0.39 is 4.92 Å². The first-order chi connectivity index (χ1) is 9.11. The lowest BCUT2D eigenvalue weighted by atomic mass is 10.3. The molecule has 1 N–H and O–H groups in total. The maximum Gasteiger partial charge on any atom is 0.352 e. The summed E-state index contributed by atoms with van der Waals surface area (Å²) >= 11 is 0. The quantitative estimate of drug-likeness (QED) is 0.671. The molecule has 2 aromatic rings. The van der Waals surface area contributed by atoms with Gasteiger partial charge in [0, 0.05) is 7.05 Å². The van der Waals surface area contributed by atoms with E-state index in [0.717, 1.165) is 0 Å². The zero-order valence-corrected chi connectivity index (χ0v) is 10.5. The third-order valence-electron chi connectivity index (χ3n) is 2.39. The molecular formula is C12H12N4O3. The molecule has 1 heterocycles. The molecule has 0 atom stereocenters. The molecule has 7 nitrogen and oxygen atoms in total. The first kappa shape index (κ1) is 12.7. The Bertz CT molecular complexity index is 601. The molecule has 0 aliphatic heterocycles. The van der Waals surface area contributed by atoms with E-state index in [4.69, 9.17) is 4.74 Å². The van der Waals surface area contributed by atoms with Crippen LogP contribution in [0, 0.1) is 17.0 Å². The molecule has 0 saturated carbocycles. The van der Waals surface area contributed by atoms with Crippen molar-refractivity contribution in [3.63, 3.8) is 0 Å². The van der Waals surface area contributed by atoms with E-state index in [9.17, 15) is 10.1 Å². The fraction of sp³-hybridized carbons (Fsp3) is 0.167. The van der Waals surface area contributed by atoms with Crippen LogP contribution >= 0.6 is 0 Å².